The summed E-state index contributed by atoms with van der Waals surface area (Å²) in [4.78, 5) is 9.03. The highest BCUT2D eigenvalue weighted by molar-refractivity contribution is 7.15. The molecular weight excluding hydrogens is 278 g/mol. The van der Waals surface area contributed by atoms with Crippen LogP contribution in [-0.2, 0) is 6.42 Å². The van der Waals surface area contributed by atoms with Crippen LogP contribution in [0.1, 0.15) is 63.6 Å². The van der Waals surface area contributed by atoms with Gasteiger partial charge < -0.3 is 10.2 Å². The highest BCUT2D eigenvalue weighted by Crippen LogP contribution is 2.41. The van der Waals surface area contributed by atoms with Gasteiger partial charge in [-0.1, -0.05) is 39.0 Å². The van der Waals surface area contributed by atoms with Gasteiger partial charge in [0, 0.05) is 24.0 Å². The smallest absolute Gasteiger partial charge is 0.185 e. The van der Waals surface area contributed by atoms with Gasteiger partial charge in [-0.05, 0) is 43.6 Å². The first-order valence-corrected chi connectivity index (χ1v) is 9.28. The van der Waals surface area contributed by atoms with Crippen LogP contribution in [0.4, 0.5) is 5.13 Å². The van der Waals surface area contributed by atoms with Gasteiger partial charge in [0.2, 0.25) is 0 Å². The second-order valence-electron chi connectivity index (χ2n) is 7.61. The maximum Gasteiger partial charge on any atom is 0.185 e. The molecule has 1 fully saturated rings. The van der Waals surface area contributed by atoms with E-state index in [1.807, 2.05) is 11.3 Å². The minimum Gasteiger partial charge on any atom is -0.348 e. The quantitative estimate of drug-likeness (QED) is 0.915. The molecule has 0 saturated carbocycles. The molecule has 2 atom stereocenters. The Bertz CT molecular complexity index is 489. The number of aromatic nitrogens is 1. The zero-order valence-corrected chi connectivity index (χ0v) is 14.7. The number of anilines is 1. The fourth-order valence-electron chi connectivity index (χ4n) is 3.62. The van der Waals surface area contributed by atoms with E-state index in [0.717, 1.165) is 12.5 Å². The lowest BCUT2D eigenvalue weighted by atomic mass is 9.80. The summed E-state index contributed by atoms with van der Waals surface area (Å²) >= 11 is 1.95. The van der Waals surface area contributed by atoms with Crippen molar-refractivity contribution in [1.29, 1.82) is 0 Å². The summed E-state index contributed by atoms with van der Waals surface area (Å²) in [5.41, 5.74) is 1.78. The lowest BCUT2D eigenvalue weighted by molar-refractivity contribution is 0.263. The van der Waals surface area contributed by atoms with Crippen LogP contribution in [0.25, 0.3) is 0 Å². The first-order valence-electron chi connectivity index (χ1n) is 8.47. The van der Waals surface area contributed by atoms with E-state index in [9.17, 15) is 0 Å². The fraction of sp³-hybridized carbons (Fsp3) is 0.824. The van der Waals surface area contributed by atoms with Crippen LogP contribution in [0.5, 0.6) is 0 Å². The normalized spacial score (nSPS) is 26.2. The maximum atomic E-state index is 4.99. The van der Waals surface area contributed by atoms with E-state index >= 15 is 0 Å². The molecule has 3 nitrogen and oxygen atoms in total. The summed E-state index contributed by atoms with van der Waals surface area (Å²) in [5.74, 6) is 0.794. The minimum atomic E-state index is 0.415. The van der Waals surface area contributed by atoms with Gasteiger partial charge >= 0.3 is 0 Å². The number of nitrogens with zero attached hydrogens (tertiary/aromatic N) is 2. The third-order valence-electron chi connectivity index (χ3n) is 5.07. The molecule has 118 valence electrons. The van der Waals surface area contributed by atoms with Crippen molar-refractivity contribution in [2.24, 2.45) is 11.3 Å². The Morgan fingerprint density at radius 3 is 2.81 bits per heavy atom. The van der Waals surface area contributed by atoms with Crippen molar-refractivity contribution < 1.29 is 0 Å². The molecule has 1 aromatic heterocycles. The highest BCUT2D eigenvalue weighted by Gasteiger charge is 2.34. The molecule has 0 radical (unpaired) electrons. The first kappa shape index (κ1) is 15.3. The number of nitrogens with one attached hydrogen (secondary N) is 1. The summed E-state index contributed by atoms with van der Waals surface area (Å²) in [6.07, 6.45) is 5.03. The number of fused-ring (bicyclic) bond motifs is 1. The van der Waals surface area contributed by atoms with Gasteiger partial charge in [0.25, 0.3) is 0 Å². The minimum absolute atomic E-state index is 0.415. The van der Waals surface area contributed by atoms with E-state index in [-0.39, 0.29) is 0 Å². The fourth-order valence-corrected chi connectivity index (χ4v) is 4.88. The molecule has 1 N–H and O–H groups in total. The number of rotatable bonds is 3. The average Bonchev–Trinajstić information content (AvgIpc) is 3.05. The van der Waals surface area contributed by atoms with Crippen LogP contribution in [0.2, 0.25) is 0 Å². The summed E-state index contributed by atoms with van der Waals surface area (Å²) < 4.78 is 0. The van der Waals surface area contributed by atoms with Gasteiger partial charge in [-0.15, -0.1) is 0 Å². The third-order valence-corrected chi connectivity index (χ3v) is 6.35. The molecule has 21 heavy (non-hydrogen) atoms. The lowest BCUT2D eigenvalue weighted by Crippen LogP contribution is -2.25. The van der Waals surface area contributed by atoms with E-state index in [2.05, 4.69) is 37.9 Å². The summed E-state index contributed by atoms with van der Waals surface area (Å²) in [6, 6.07) is 0.547. The number of hydrogen-bond acceptors (Lipinski definition) is 4. The van der Waals surface area contributed by atoms with E-state index in [4.69, 9.17) is 4.98 Å². The predicted molar refractivity (Wildman–Crippen MR) is 91.2 cm³/mol. The molecule has 1 saturated heterocycles. The molecule has 4 heteroatoms. The molecule has 1 aliphatic carbocycles. The van der Waals surface area contributed by atoms with Crippen LogP contribution in [0.3, 0.4) is 0 Å². The second-order valence-corrected chi connectivity index (χ2v) is 8.62. The van der Waals surface area contributed by atoms with Crippen LogP contribution in [-0.4, -0.2) is 24.6 Å². The molecule has 0 aromatic carbocycles. The standard InChI is InChI=1S/C17H29N3S/c1-5-18-13-7-6-8-14-15(13)21-16(19-14)20-10-9-12(11-20)17(2,3)4/h12-13,18H,5-11H2,1-4H3. The van der Waals surface area contributed by atoms with Crippen molar-refractivity contribution in [3.05, 3.63) is 10.6 Å². The summed E-state index contributed by atoms with van der Waals surface area (Å²) in [5, 5.41) is 4.90. The molecule has 3 rings (SSSR count). The Morgan fingerprint density at radius 2 is 2.14 bits per heavy atom. The monoisotopic (exact) mass is 307 g/mol. The highest BCUT2D eigenvalue weighted by atomic mass is 32.1. The molecule has 1 aliphatic heterocycles. The molecule has 0 bridgehead atoms. The largest absolute Gasteiger partial charge is 0.348 e. The van der Waals surface area contributed by atoms with Gasteiger partial charge in [-0.3, -0.25) is 0 Å². The van der Waals surface area contributed by atoms with E-state index < -0.39 is 0 Å². The van der Waals surface area contributed by atoms with Crippen LogP contribution < -0.4 is 10.2 Å². The lowest BCUT2D eigenvalue weighted by Gasteiger charge is -2.26. The topological polar surface area (TPSA) is 28.2 Å². The predicted octanol–water partition coefficient (Wildman–Crippen LogP) is 4.00. The zero-order chi connectivity index (χ0) is 15.0. The van der Waals surface area contributed by atoms with Gasteiger partial charge in [0.05, 0.1) is 5.69 Å². The molecule has 0 amide bonds. The molecule has 2 unspecified atom stereocenters. The SMILES string of the molecule is CCNC1CCCc2nc(N3CCC(C(C)(C)C)C3)sc21. The number of aryl methyl sites for hydroxylation is 1. The zero-order valence-electron chi connectivity index (χ0n) is 13.9. The Hall–Kier alpha value is -0.610. The first-order chi connectivity index (χ1) is 9.99. The Kier molecular flexibility index (Phi) is 4.28. The van der Waals surface area contributed by atoms with Gasteiger partial charge in [0.15, 0.2) is 5.13 Å². The molecular formula is C17H29N3S. The summed E-state index contributed by atoms with van der Waals surface area (Å²) in [7, 11) is 0. The number of thiazole rings is 1. The molecule has 1 aromatic rings. The average molecular weight is 308 g/mol. The Balaban J connectivity index is 1.76. The van der Waals surface area contributed by atoms with Crippen molar-refractivity contribution in [2.75, 3.05) is 24.5 Å². The van der Waals surface area contributed by atoms with E-state index in [1.54, 1.807) is 0 Å². The van der Waals surface area contributed by atoms with Crippen LogP contribution >= 0.6 is 11.3 Å². The Morgan fingerprint density at radius 1 is 1.33 bits per heavy atom. The van der Waals surface area contributed by atoms with Gasteiger partial charge in [-0.2, -0.15) is 0 Å². The second kappa shape index (κ2) is 5.88. The maximum absolute atomic E-state index is 4.99. The van der Waals surface area contributed by atoms with Crippen molar-refractivity contribution >= 4 is 16.5 Å². The van der Waals surface area contributed by atoms with Crippen molar-refractivity contribution in [3.8, 4) is 0 Å². The van der Waals surface area contributed by atoms with Crippen molar-refractivity contribution in [2.45, 2.75) is 59.4 Å². The molecule has 2 aliphatic rings. The number of hydrogen-bond donors (Lipinski definition) is 1. The molecule has 0 spiro atoms. The Labute approximate surface area is 133 Å². The van der Waals surface area contributed by atoms with Gasteiger partial charge in [-0.25, -0.2) is 4.98 Å². The van der Waals surface area contributed by atoms with E-state index in [1.165, 1.54) is 54.5 Å². The van der Waals surface area contributed by atoms with Crippen molar-refractivity contribution in [3.63, 3.8) is 0 Å². The van der Waals surface area contributed by atoms with Crippen LogP contribution in [0.15, 0.2) is 0 Å². The van der Waals surface area contributed by atoms with Crippen molar-refractivity contribution in [1.82, 2.24) is 10.3 Å². The molecule has 2 heterocycles. The van der Waals surface area contributed by atoms with Gasteiger partial charge in [0.1, 0.15) is 0 Å². The van der Waals surface area contributed by atoms with E-state index in [0.29, 0.717) is 11.5 Å². The third kappa shape index (κ3) is 3.11. The summed E-state index contributed by atoms with van der Waals surface area (Å²) in [6.45, 7) is 12.7. The van der Waals surface area contributed by atoms with Crippen LogP contribution in [0, 0.1) is 11.3 Å².